The Balaban J connectivity index is 2.79. The molecule has 0 atom stereocenters. The van der Waals surface area contributed by atoms with E-state index in [1.807, 2.05) is 36.6 Å². The van der Waals surface area contributed by atoms with Crippen LogP contribution in [0.25, 0.3) is 10.9 Å². The molecule has 0 bridgehead atoms. The van der Waals surface area contributed by atoms with Crippen molar-refractivity contribution in [2.24, 2.45) is 0 Å². The summed E-state index contributed by atoms with van der Waals surface area (Å²) in [6.07, 6.45) is 2.06. The second-order valence-corrected chi connectivity index (χ2v) is 7.26. The Morgan fingerprint density at radius 3 is 2.53 bits per heavy atom. The molecule has 2 aromatic rings. The van der Waals surface area contributed by atoms with Gasteiger partial charge in [0.2, 0.25) is 0 Å². The molecule has 2 rings (SSSR count). The van der Waals surface area contributed by atoms with Crippen LogP contribution in [-0.2, 0) is 15.6 Å². The van der Waals surface area contributed by atoms with Crippen molar-refractivity contribution in [1.82, 2.24) is 4.57 Å². The van der Waals surface area contributed by atoms with Crippen LogP contribution in [0.1, 0.15) is 19.5 Å². The van der Waals surface area contributed by atoms with Gasteiger partial charge < -0.3 is 4.57 Å². The van der Waals surface area contributed by atoms with Gasteiger partial charge in [-0.15, -0.1) is 0 Å². The summed E-state index contributed by atoms with van der Waals surface area (Å²) in [5.74, 6) is 0. The van der Waals surface area contributed by atoms with E-state index in [0.717, 1.165) is 5.52 Å². The summed E-state index contributed by atoms with van der Waals surface area (Å²) in [4.78, 5) is 0.215. The Labute approximate surface area is 117 Å². The molecule has 0 N–H and O–H groups in total. The predicted octanol–water partition coefficient (Wildman–Crippen LogP) is 3.84. The fourth-order valence-corrected chi connectivity index (χ4v) is 3.70. The van der Waals surface area contributed by atoms with Gasteiger partial charge in [0, 0.05) is 33.8 Å². The van der Waals surface area contributed by atoms with Gasteiger partial charge in [0.25, 0.3) is 9.05 Å². The third-order valence-corrected chi connectivity index (χ3v) is 4.56. The van der Waals surface area contributed by atoms with Gasteiger partial charge in [-0.3, -0.25) is 0 Å². The van der Waals surface area contributed by atoms with Crippen LogP contribution < -0.4 is 0 Å². The molecule has 0 fully saturated rings. The number of fused-ring (bicyclic) bond motifs is 1. The van der Waals surface area contributed by atoms with E-state index < -0.39 is 9.05 Å². The van der Waals surface area contributed by atoms with E-state index in [1.54, 1.807) is 13.0 Å². The molecule has 0 aliphatic heterocycles. The lowest BCUT2D eigenvalue weighted by Gasteiger charge is -2.05. The molecular formula is C14H16ClNO2S. The van der Waals surface area contributed by atoms with E-state index in [1.165, 1.54) is 5.57 Å². The smallest absolute Gasteiger partial charge is 0.263 e. The molecule has 1 aromatic carbocycles. The standard InChI is InChI=1S/C14H16ClNO2S/c1-10(2)8-9-16-11(3)14(19(15,17)18)12-6-4-5-7-13(12)16/h4-8H,9H2,1-3H3. The van der Waals surface area contributed by atoms with Crippen molar-refractivity contribution < 1.29 is 8.42 Å². The highest BCUT2D eigenvalue weighted by Gasteiger charge is 2.22. The van der Waals surface area contributed by atoms with Crippen molar-refractivity contribution >= 4 is 30.6 Å². The van der Waals surface area contributed by atoms with Crippen molar-refractivity contribution in [3.05, 3.63) is 41.6 Å². The van der Waals surface area contributed by atoms with Gasteiger partial charge >= 0.3 is 0 Å². The maximum absolute atomic E-state index is 11.8. The molecule has 19 heavy (non-hydrogen) atoms. The summed E-state index contributed by atoms with van der Waals surface area (Å²) in [6.45, 7) is 6.45. The highest BCUT2D eigenvalue weighted by atomic mass is 35.7. The molecule has 0 aliphatic rings. The molecule has 5 heteroatoms. The molecule has 1 heterocycles. The van der Waals surface area contributed by atoms with Crippen LogP contribution in [-0.4, -0.2) is 13.0 Å². The fraction of sp³-hybridized carbons (Fsp3) is 0.286. The summed E-state index contributed by atoms with van der Waals surface area (Å²) in [7, 11) is 1.82. The molecule has 0 spiro atoms. The Morgan fingerprint density at radius 2 is 1.95 bits per heavy atom. The van der Waals surface area contributed by atoms with Crippen LogP contribution >= 0.6 is 10.7 Å². The molecule has 1 aromatic heterocycles. The van der Waals surface area contributed by atoms with Crippen molar-refractivity contribution in [3.63, 3.8) is 0 Å². The first-order chi connectivity index (χ1) is 8.82. The van der Waals surface area contributed by atoms with Gasteiger partial charge in [-0.1, -0.05) is 29.8 Å². The van der Waals surface area contributed by atoms with Crippen molar-refractivity contribution in [3.8, 4) is 0 Å². The van der Waals surface area contributed by atoms with E-state index in [2.05, 4.69) is 6.08 Å². The second kappa shape index (κ2) is 5.02. The minimum Gasteiger partial charge on any atom is -0.340 e. The highest BCUT2D eigenvalue weighted by molar-refractivity contribution is 8.14. The first-order valence-electron chi connectivity index (χ1n) is 5.98. The molecule has 0 radical (unpaired) electrons. The lowest BCUT2D eigenvalue weighted by Crippen LogP contribution is -2.00. The quantitative estimate of drug-likeness (QED) is 0.638. The number of nitrogens with zero attached hydrogens (tertiary/aromatic N) is 1. The lowest BCUT2D eigenvalue weighted by atomic mass is 10.2. The maximum Gasteiger partial charge on any atom is 0.263 e. The van der Waals surface area contributed by atoms with E-state index in [-0.39, 0.29) is 4.90 Å². The number of benzene rings is 1. The Bertz CT molecular complexity index is 753. The summed E-state index contributed by atoms with van der Waals surface area (Å²) < 4.78 is 25.5. The maximum atomic E-state index is 11.8. The number of aromatic nitrogens is 1. The molecule has 102 valence electrons. The first kappa shape index (κ1) is 14.2. The largest absolute Gasteiger partial charge is 0.340 e. The van der Waals surface area contributed by atoms with Gasteiger partial charge in [0.05, 0.1) is 0 Å². The minimum atomic E-state index is -3.75. The van der Waals surface area contributed by atoms with Gasteiger partial charge in [-0.25, -0.2) is 8.42 Å². The topological polar surface area (TPSA) is 39.1 Å². The molecule has 0 unspecified atom stereocenters. The average Bonchev–Trinajstić information content (AvgIpc) is 2.57. The van der Waals surface area contributed by atoms with Crippen molar-refractivity contribution in [1.29, 1.82) is 0 Å². The fourth-order valence-electron chi connectivity index (χ4n) is 2.22. The Morgan fingerprint density at radius 1 is 1.32 bits per heavy atom. The zero-order valence-corrected chi connectivity index (χ0v) is 12.7. The normalized spacial score (nSPS) is 11.8. The zero-order valence-electron chi connectivity index (χ0n) is 11.1. The molecule has 0 aliphatic carbocycles. The summed E-state index contributed by atoms with van der Waals surface area (Å²) >= 11 is 0. The molecule has 0 saturated heterocycles. The van der Waals surface area contributed by atoms with Gasteiger partial charge in [0.1, 0.15) is 4.90 Å². The first-order valence-corrected chi connectivity index (χ1v) is 8.29. The van der Waals surface area contributed by atoms with E-state index in [9.17, 15) is 8.42 Å². The predicted molar refractivity (Wildman–Crippen MR) is 79.1 cm³/mol. The number of allylic oxidation sites excluding steroid dienone is 2. The van der Waals surface area contributed by atoms with Crippen LogP contribution in [0.5, 0.6) is 0 Å². The zero-order chi connectivity index (χ0) is 14.2. The number of halogens is 1. The van der Waals surface area contributed by atoms with Crippen LogP contribution in [0, 0.1) is 6.92 Å². The highest BCUT2D eigenvalue weighted by Crippen LogP contribution is 2.31. The van der Waals surface area contributed by atoms with Crippen LogP contribution in [0.4, 0.5) is 0 Å². The van der Waals surface area contributed by atoms with Gasteiger partial charge in [0.15, 0.2) is 0 Å². The van der Waals surface area contributed by atoms with Crippen LogP contribution in [0.2, 0.25) is 0 Å². The number of hydrogen-bond donors (Lipinski definition) is 0. The monoisotopic (exact) mass is 297 g/mol. The number of hydrogen-bond acceptors (Lipinski definition) is 2. The van der Waals surface area contributed by atoms with Crippen molar-refractivity contribution in [2.75, 3.05) is 0 Å². The molecule has 0 amide bonds. The Kier molecular flexibility index (Phi) is 3.74. The number of rotatable bonds is 3. The van der Waals surface area contributed by atoms with E-state index in [0.29, 0.717) is 17.6 Å². The van der Waals surface area contributed by atoms with Crippen LogP contribution in [0.15, 0.2) is 40.8 Å². The van der Waals surface area contributed by atoms with Crippen LogP contribution in [0.3, 0.4) is 0 Å². The van der Waals surface area contributed by atoms with Gasteiger partial charge in [-0.05, 0) is 26.8 Å². The second-order valence-electron chi connectivity index (χ2n) is 4.76. The summed E-state index contributed by atoms with van der Waals surface area (Å²) in [5, 5.41) is 0.678. The number of para-hydroxylation sites is 1. The van der Waals surface area contributed by atoms with E-state index in [4.69, 9.17) is 10.7 Å². The van der Waals surface area contributed by atoms with E-state index >= 15 is 0 Å². The van der Waals surface area contributed by atoms with Gasteiger partial charge in [-0.2, -0.15) is 0 Å². The lowest BCUT2D eigenvalue weighted by molar-refractivity contribution is 0.609. The average molecular weight is 298 g/mol. The summed E-state index contributed by atoms with van der Waals surface area (Å²) in [6, 6.07) is 7.41. The third-order valence-electron chi connectivity index (χ3n) is 3.10. The molecule has 0 saturated carbocycles. The molecule has 3 nitrogen and oxygen atoms in total. The SMILES string of the molecule is CC(C)=CCn1c(C)c(S(=O)(=O)Cl)c2ccccc21. The molecular weight excluding hydrogens is 282 g/mol. The Hall–Kier alpha value is -1.26. The summed E-state index contributed by atoms with van der Waals surface area (Å²) in [5.41, 5.74) is 2.75. The minimum absolute atomic E-state index is 0.215. The van der Waals surface area contributed by atoms with Crippen molar-refractivity contribution in [2.45, 2.75) is 32.2 Å². The third kappa shape index (κ3) is 2.69.